The summed E-state index contributed by atoms with van der Waals surface area (Å²) in [5, 5.41) is 10.9. The topological polar surface area (TPSA) is 63.6 Å². The number of carbonyl (C=O) groups excluding carboxylic acids is 2. The van der Waals surface area contributed by atoms with Crippen molar-refractivity contribution in [2.45, 2.75) is 483 Å². The maximum Gasteiger partial charge on any atom is 0.311 e. The van der Waals surface area contributed by atoms with E-state index in [-0.39, 0.29) is 17.8 Å². The maximum atomic E-state index is 12.7. The van der Waals surface area contributed by atoms with Crippen molar-refractivity contribution in [3.63, 3.8) is 0 Å². The average molecular weight is 1220 g/mol. The van der Waals surface area contributed by atoms with Crippen molar-refractivity contribution >= 4 is 11.8 Å². The molecule has 0 spiro atoms. The lowest BCUT2D eigenvalue weighted by molar-refractivity contribution is -0.150. The number of Topliss-reactive ketones (excluding diaryl/α,β-unsaturated/α-hetero) is 1. The minimum atomic E-state index is -0.559. The summed E-state index contributed by atoms with van der Waals surface area (Å²) in [6.07, 6.45) is 98.2. The number of carbonyl (C=O) groups is 2. The Kier molecular flexibility index (Phi) is 72.9. The van der Waals surface area contributed by atoms with E-state index in [1.807, 2.05) is 0 Å². The van der Waals surface area contributed by atoms with Crippen LogP contribution in [-0.2, 0) is 14.3 Å². The van der Waals surface area contributed by atoms with Gasteiger partial charge in [-0.05, 0) is 50.9 Å². The molecule has 4 nitrogen and oxygen atoms in total. The molecular weight excluding hydrogens is 1060 g/mol. The molecule has 0 aliphatic carbocycles. The van der Waals surface area contributed by atoms with Gasteiger partial charge in [0.25, 0.3) is 0 Å². The van der Waals surface area contributed by atoms with Gasteiger partial charge < -0.3 is 9.84 Å². The van der Waals surface area contributed by atoms with Crippen molar-refractivity contribution in [2.24, 2.45) is 17.8 Å². The number of unbranched alkanes of at least 4 members (excludes halogenated alkanes) is 61. The Labute approximate surface area is 548 Å². The molecule has 0 aromatic carbocycles. The first-order valence-corrected chi connectivity index (χ1v) is 40.8. The van der Waals surface area contributed by atoms with Crippen LogP contribution in [0.4, 0.5) is 0 Å². The van der Waals surface area contributed by atoms with E-state index < -0.39 is 6.10 Å². The lowest BCUT2D eigenvalue weighted by Gasteiger charge is -2.20. The molecule has 4 atom stereocenters. The van der Waals surface area contributed by atoms with Crippen LogP contribution in [-0.4, -0.2) is 30.1 Å². The van der Waals surface area contributed by atoms with Crippen molar-refractivity contribution in [1.29, 1.82) is 0 Å². The molecule has 518 valence electrons. The lowest BCUT2D eigenvalue weighted by Crippen LogP contribution is -2.29. The van der Waals surface area contributed by atoms with Crippen LogP contribution >= 0.6 is 0 Å². The van der Waals surface area contributed by atoms with E-state index in [1.165, 1.54) is 399 Å². The second kappa shape index (κ2) is 73.9. The molecule has 0 radical (unpaired) electrons. The van der Waals surface area contributed by atoms with Gasteiger partial charge in [-0.15, -0.1) is 0 Å². The molecule has 1 N–H and O–H groups in total. The average Bonchev–Trinajstić information content (AvgIpc) is 3.56. The third-order valence-corrected chi connectivity index (χ3v) is 20.3. The molecule has 0 rings (SSSR count). The number of allylic oxidation sites excluding steroid dienone is 2. The quantitative estimate of drug-likeness (QED) is 0.0374. The fourth-order valence-electron chi connectivity index (χ4n) is 13.9. The van der Waals surface area contributed by atoms with Gasteiger partial charge in [-0.2, -0.15) is 0 Å². The highest BCUT2D eigenvalue weighted by Gasteiger charge is 2.27. The summed E-state index contributed by atoms with van der Waals surface area (Å²) in [7, 11) is 1.48. The third-order valence-electron chi connectivity index (χ3n) is 20.3. The molecule has 87 heavy (non-hydrogen) atoms. The monoisotopic (exact) mass is 1220 g/mol. The number of rotatable bonds is 76. The van der Waals surface area contributed by atoms with E-state index in [9.17, 15) is 14.7 Å². The molecule has 0 aliphatic heterocycles. The van der Waals surface area contributed by atoms with Crippen LogP contribution in [0.3, 0.4) is 0 Å². The second-order valence-electron chi connectivity index (χ2n) is 29.1. The number of aliphatic hydroxyl groups is 1. The maximum absolute atomic E-state index is 12.7. The molecular formula is C83H162O4. The molecule has 0 saturated carbocycles. The van der Waals surface area contributed by atoms with Gasteiger partial charge in [0.2, 0.25) is 0 Å². The molecule has 0 bridgehead atoms. The Balaban J connectivity index is 3.48. The van der Waals surface area contributed by atoms with E-state index in [0.717, 1.165) is 63.7 Å². The number of hydrogen-bond acceptors (Lipinski definition) is 4. The Bertz CT molecular complexity index is 1340. The molecule has 4 heteroatoms. The van der Waals surface area contributed by atoms with E-state index >= 15 is 0 Å². The molecule has 0 fully saturated rings. The molecule has 0 aromatic rings. The number of ether oxygens (including phenoxy) is 1. The highest BCUT2D eigenvalue weighted by Crippen LogP contribution is 2.24. The van der Waals surface area contributed by atoms with E-state index in [2.05, 4.69) is 39.8 Å². The first-order chi connectivity index (χ1) is 42.9. The van der Waals surface area contributed by atoms with Crippen LogP contribution in [0.2, 0.25) is 0 Å². The van der Waals surface area contributed by atoms with Crippen molar-refractivity contribution < 1.29 is 19.4 Å². The first kappa shape index (κ1) is 85.8. The normalized spacial score (nSPS) is 13.3. The van der Waals surface area contributed by atoms with Crippen LogP contribution in [0.5, 0.6) is 0 Å². The van der Waals surface area contributed by atoms with Crippen LogP contribution < -0.4 is 0 Å². The minimum Gasteiger partial charge on any atom is -0.469 e. The number of hydrogen-bond donors (Lipinski definition) is 1. The third kappa shape index (κ3) is 67.5. The van der Waals surface area contributed by atoms with Crippen LogP contribution in [0.1, 0.15) is 477 Å². The Morgan fingerprint density at radius 3 is 0.851 bits per heavy atom. The van der Waals surface area contributed by atoms with Crippen molar-refractivity contribution in [1.82, 2.24) is 0 Å². The zero-order chi connectivity index (χ0) is 63.1. The largest absolute Gasteiger partial charge is 0.469 e. The highest BCUT2D eigenvalue weighted by molar-refractivity contribution is 5.80. The lowest BCUT2D eigenvalue weighted by atomic mass is 9.91. The van der Waals surface area contributed by atoms with Crippen LogP contribution in [0.15, 0.2) is 12.2 Å². The van der Waals surface area contributed by atoms with E-state index in [1.54, 1.807) is 0 Å². The van der Waals surface area contributed by atoms with Gasteiger partial charge in [-0.3, -0.25) is 9.59 Å². The summed E-state index contributed by atoms with van der Waals surface area (Å²) in [4.78, 5) is 25.2. The number of ketones is 1. The summed E-state index contributed by atoms with van der Waals surface area (Å²) in [6, 6.07) is 0. The zero-order valence-corrected chi connectivity index (χ0v) is 60.6. The van der Waals surface area contributed by atoms with Gasteiger partial charge in [-0.25, -0.2) is 0 Å². The summed E-state index contributed by atoms with van der Waals surface area (Å²) in [6.45, 7) is 9.21. The summed E-state index contributed by atoms with van der Waals surface area (Å²) >= 11 is 0. The standard InChI is InChI=1S/C83H162O4/c1-6-8-10-12-14-16-18-20-22-24-25-26-27-33-39-45-51-57-63-69-75-80(83(86)87-5)82(85)77-71-65-59-53-47-41-35-29-31-37-43-49-55-61-67-73-78(3)72-66-60-54-48-42-36-30-28-34-40-46-52-58-64-70-76-81(84)79(4)74-68-62-56-50-44-38-32-23-21-19-17-15-13-11-9-7-2/h66,72,78-80,82,85H,6-65,67-71,73-77H2,1-5H3/t78-,79-,80+,82+/m0/s1. The van der Waals surface area contributed by atoms with E-state index in [4.69, 9.17) is 4.74 Å². The molecule has 0 aliphatic rings. The van der Waals surface area contributed by atoms with Crippen molar-refractivity contribution in [2.75, 3.05) is 7.11 Å². The molecule has 0 aromatic heterocycles. The molecule has 0 amide bonds. The molecule has 0 unspecified atom stereocenters. The Hall–Kier alpha value is -1.16. The van der Waals surface area contributed by atoms with Gasteiger partial charge in [0.15, 0.2) is 0 Å². The van der Waals surface area contributed by atoms with Gasteiger partial charge in [0, 0.05) is 12.3 Å². The minimum absolute atomic E-state index is 0.216. The van der Waals surface area contributed by atoms with E-state index in [0.29, 0.717) is 5.78 Å². The fourth-order valence-corrected chi connectivity index (χ4v) is 13.9. The van der Waals surface area contributed by atoms with Crippen LogP contribution in [0.25, 0.3) is 0 Å². The van der Waals surface area contributed by atoms with Gasteiger partial charge >= 0.3 is 5.97 Å². The summed E-state index contributed by atoms with van der Waals surface area (Å²) in [5.74, 6) is 0.973. The van der Waals surface area contributed by atoms with Crippen molar-refractivity contribution in [3.05, 3.63) is 12.2 Å². The van der Waals surface area contributed by atoms with Gasteiger partial charge in [0.1, 0.15) is 5.78 Å². The highest BCUT2D eigenvalue weighted by atomic mass is 16.5. The predicted molar refractivity (Wildman–Crippen MR) is 389 cm³/mol. The Morgan fingerprint density at radius 2 is 0.552 bits per heavy atom. The Morgan fingerprint density at radius 1 is 0.310 bits per heavy atom. The van der Waals surface area contributed by atoms with Crippen molar-refractivity contribution in [3.8, 4) is 0 Å². The smallest absolute Gasteiger partial charge is 0.311 e. The summed E-state index contributed by atoms with van der Waals surface area (Å²) < 4.78 is 5.12. The molecule has 0 saturated heterocycles. The number of esters is 1. The zero-order valence-electron chi connectivity index (χ0n) is 60.6. The first-order valence-electron chi connectivity index (χ1n) is 40.8. The van der Waals surface area contributed by atoms with Gasteiger partial charge in [0.05, 0.1) is 19.1 Å². The second-order valence-corrected chi connectivity index (χ2v) is 29.1. The number of aliphatic hydroxyl groups excluding tert-OH is 1. The van der Waals surface area contributed by atoms with Crippen LogP contribution in [0, 0.1) is 17.8 Å². The SMILES string of the molecule is CCCCCCCCCCCCCCCCCCCCCC[C@@H](C(=O)OC)[C@H](O)CCCCCCCCCCCCCCCCC[C@@H](C)C=CCCCCCCCCCCCCCCCC(=O)[C@@H](C)CCCCCCCCCCCCCCCCCC. The van der Waals surface area contributed by atoms with Gasteiger partial charge in [-0.1, -0.05) is 438 Å². The predicted octanol–water partition coefficient (Wildman–Crippen LogP) is 28.9. The fraction of sp³-hybridized carbons (Fsp3) is 0.952. The summed E-state index contributed by atoms with van der Waals surface area (Å²) in [5.41, 5.74) is 0. The molecule has 0 heterocycles. The number of methoxy groups -OCH3 is 1.